The highest BCUT2D eigenvalue weighted by atomic mass is 16.6. The van der Waals surface area contributed by atoms with Gasteiger partial charge in [0.25, 0.3) is 0 Å². The van der Waals surface area contributed by atoms with Crippen molar-refractivity contribution in [3.63, 3.8) is 0 Å². The standard InChI is InChI=1S/C21H22N4O2/c1-13-8-14(2)10-17(9-13)23-20-11-15(3)22-21(25-20)24-16-4-5-18-19(12-16)27-7-6-26-18/h4-5,8-12H,6-7H2,1-3H3,(H2,22,23,24,25). The molecule has 0 saturated heterocycles. The summed E-state index contributed by atoms with van der Waals surface area (Å²) in [5.41, 5.74) is 5.14. The van der Waals surface area contributed by atoms with Crippen molar-refractivity contribution in [2.75, 3.05) is 23.8 Å². The van der Waals surface area contributed by atoms with Gasteiger partial charge in [0.2, 0.25) is 5.95 Å². The molecule has 0 radical (unpaired) electrons. The van der Waals surface area contributed by atoms with Crippen molar-refractivity contribution in [2.45, 2.75) is 20.8 Å². The summed E-state index contributed by atoms with van der Waals surface area (Å²) in [4.78, 5) is 9.07. The lowest BCUT2D eigenvalue weighted by Gasteiger charge is -2.19. The number of aromatic nitrogens is 2. The van der Waals surface area contributed by atoms with E-state index >= 15 is 0 Å². The van der Waals surface area contributed by atoms with Gasteiger partial charge in [-0.1, -0.05) is 6.07 Å². The van der Waals surface area contributed by atoms with Crippen LogP contribution in [0.25, 0.3) is 0 Å². The van der Waals surface area contributed by atoms with E-state index in [1.807, 2.05) is 31.2 Å². The first-order valence-corrected chi connectivity index (χ1v) is 8.93. The zero-order chi connectivity index (χ0) is 18.8. The SMILES string of the molecule is Cc1cc(C)cc(Nc2cc(C)nc(Nc3ccc4c(c3)OCCO4)n2)c1. The quantitative estimate of drug-likeness (QED) is 0.703. The van der Waals surface area contributed by atoms with Crippen LogP contribution in [0.5, 0.6) is 11.5 Å². The molecule has 27 heavy (non-hydrogen) atoms. The fourth-order valence-corrected chi connectivity index (χ4v) is 3.13. The normalized spacial score (nSPS) is 12.6. The highest BCUT2D eigenvalue weighted by Crippen LogP contribution is 2.33. The molecule has 0 aliphatic carbocycles. The second-order valence-electron chi connectivity index (χ2n) is 6.70. The van der Waals surface area contributed by atoms with E-state index in [4.69, 9.17) is 9.47 Å². The van der Waals surface area contributed by atoms with E-state index in [0.717, 1.165) is 34.4 Å². The average molecular weight is 362 g/mol. The summed E-state index contributed by atoms with van der Waals surface area (Å²) in [5, 5.41) is 6.61. The van der Waals surface area contributed by atoms with Gasteiger partial charge >= 0.3 is 0 Å². The molecule has 138 valence electrons. The predicted molar refractivity (Wildman–Crippen MR) is 107 cm³/mol. The summed E-state index contributed by atoms with van der Waals surface area (Å²) in [6, 6.07) is 14.0. The van der Waals surface area contributed by atoms with Gasteiger partial charge in [0.05, 0.1) is 0 Å². The number of nitrogens with one attached hydrogen (secondary N) is 2. The van der Waals surface area contributed by atoms with Crippen molar-refractivity contribution in [3.05, 3.63) is 59.3 Å². The van der Waals surface area contributed by atoms with Crippen molar-refractivity contribution >= 4 is 23.1 Å². The monoisotopic (exact) mass is 362 g/mol. The van der Waals surface area contributed by atoms with Crippen LogP contribution in [0.1, 0.15) is 16.8 Å². The lowest BCUT2D eigenvalue weighted by atomic mass is 10.1. The molecule has 6 heteroatoms. The van der Waals surface area contributed by atoms with E-state index in [9.17, 15) is 0 Å². The summed E-state index contributed by atoms with van der Waals surface area (Å²) >= 11 is 0. The van der Waals surface area contributed by atoms with Gasteiger partial charge in [-0.3, -0.25) is 0 Å². The molecule has 6 nitrogen and oxygen atoms in total. The van der Waals surface area contributed by atoms with E-state index in [1.54, 1.807) is 0 Å². The van der Waals surface area contributed by atoms with Gasteiger partial charge in [-0.2, -0.15) is 4.98 Å². The third kappa shape index (κ3) is 4.11. The molecule has 0 bridgehead atoms. The minimum absolute atomic E-state index is 0.526. The van der Waals surface area contributed by atoms with E-state index in [1.165, 1.54) is 11.1 Å². The number of rotatable bonds is 4. The van der Waals surface area contributed by atoms with E-state index in [2.05, 4.69) is 52.6 Å². The molecule has 4 rings (SSSR count). The van der Waals surface area contributed by atoms with Crippen LogP contribution in [0.4, 0.5) is 23.1 Å². The van der Waals surface area contributed by atoms with Crippen LogP contribution in [0.15, 0.2) is 42.5 Å². The number of aryl methyl sites for hydroxylation is 3. The molecule has 0 atom stereocenters. The molecule has 1 aliphatic rings. The molecule has 2 N–H and O–H groups in total. The Kier molecular flexibility index (Phi) is 4.54. The summed E-state index contributed by atoms with van der Waals surface area (Å²) < 4.78 is 11.2. The van der Waals surface area contributed by atoms with E-state index in [0.29, 0.717) is 19.2 Å². The van der Waals surface area contributed by atoms with Gasteiger partial charge in [0, 0.05) is 29.2 Å². The highest BCUT2D eigenvalue weighted by Gasteiger charge is 2.12. The Hall–Kier alpha value is -3.28. The number of hydrogen-bond acceptors (Lipinski definition) is 6. The molecule has 1 aliphatic heterocycles. The van der Waals surface area contributed by atoms with Gasteiger partial charge in [-0.15, -0.1) is 0 Å². The Morgan fingerprint density at radius 1 is 0.741 bits per heavy atom. The van der Waals surface area contributed by atoms with E-state index < -0.39 is 0 Å². The lowest BCUT2D eigenvalue weighted by molar-refractivity contribution is 0.171. The maximum Gasteiger partial charge on any atom is 0.229 e. The fourth-order valence-electron chi connectivity index (χ4n) is 3.13. The van der Waals surface area contributed by atoms with Gasteiger partial charge in [0.1, 0.15) is 19.0 Å². The number of nitrogens with zero attached hydrogens (tertiary/aromatic N) is 2. The molecular formula is C21H22N4O2. The molecular weight excluding hydrogens is 340 g/mol. The second-order valence-corrected chi connectivity index (χ2v) is 6.70. The number of fused-ring (bicyclic) bond motifs is 1. The Balaban J connectivity index is 1.57. The van der Waals surface area contributed by atoms with Crippen molar-refractivity contribution in [3.8, 4) is 11.5 Å². The predicted octanol–water partition coefficient (Wildman–Crippen LogP) is 4.66. The first-order valence-electron chi connectivity index (χ1n) is 8.93. The Morgan fingerprint density at radius 3 is 2.26 bits per heavy atom. The molecule has 0 fully saturated rings. The van der Waals surface area contributed by atoms with Gasteiger partial charge in [0.15, 0.2) is 11.5 Å². The lowest BCUT2D eigenvalue weighted by Crippen LogP contribution is -2.15. The summed E-state index contributed by atoms with van der Waals surface area (Å²) in [6.07, 6.45) is 0. The Labute approximate surface area is 158 Å². The molecule has 0 saturated carbocycles. The van der Waals surface area contributed by atoms with Crippen molar-refractivity contribution in [2.24, 2.45) is 0 Å². The Bertz CT molecular complexity index is 968. The van der Waals surface area contributed by atoms with Crippen LogP contribution < -0.4 is 20.1 Å². The van der Waals surface area contributed by atoms with Crippen molar-refractivity contribution in [1.29, 1.82) is 0 Å². The van der Waals surface area contributed by atoms with E-state index in [-0.39, 0.29) is 0 Å². The average Bonchev–Trinajstić information content (AvgIpc) is 2.60. The van der Waals surface area contributed by atoms with Gasteiger partial charge < -0.3 is 20.1 Å². The van der Waals surface area contributed by atoms with Gasteiger partial charge in [-0.05, 0) is 56.2 Å². The summed E-state index contributed by atoms with van der Waals surface area (Å²) in [6.45, 7) is 7.25. The van der Waals surface area contributed by atoms with Crippen molar-refractivity contribution < 1.29 is 9.47 Å². The molecule has 1 aromatic heterocycles. The first kappa shape index (κ1) is 17.1. The maximum absolute atomic E-state index is 5.63. The number of benzene rings is 2. The number of ether oxygens (including phenoxy) is 2. The van der Waals surface area contributed by atoms with Crippen LogP contribution in [0, 0.1) is 20.8 Å². The highest BCUT2D eigenvalue weighted by molar-refractivity contribution is 5.63. The number of hydrogen-bond donors (Lipinski definition) is 2. The number of anilines is 4. The third-order valence-electron chi connectivity index (χ3n) is 4.15. The van der Waals surface area contributed by atoms with Crippen LogP contribution in [0.3, 0.4) is 0 Å². The largest absolute Gasteiger partial charge is 0.486 e. The summed E-state index contributed by atoms with van der Waals surface area (Å²) in [7, 11) is 0. The fraction of sp³-hybridized carbons (Fsp3) is 0.238. The zero-order valence-corrected chi connectivity index (χ0v) is 15.7. The maximum atomic E-state index is 5.63. The smallest absolute Gasteiger partial charge is 0.229 e. The first-order chi connectivity index (χ1) is 13.0. The van der Waals surface area contributed by atoms with Crippen LogP contribution in [-0.4, -0.2) is 23.2 Å². The molecule has 0 amide bonds. The Morgan fingerprint density at radius 2 is 1.48 bits per heavy atom. The minimum atomic E-state index is 0.526. The van der Waals surface area contributed by atoms with Gasteiger partial charge in [-0.25, -0.2) is 4.98 Å². The third-order valence-corrected chi connectivity index (χ3v) is 4.15. The second kappa shape index (κ2) is 7.15. The zero-order valence-electron chi connectivity index (χ0n) is 15.7. The molecule has 3 aromatic rings. The summed E-state index contributed by atoms with van der Waals surface area (Å²) in [5.74, 6) is 2.76. The molecule has 0 spiro atoms. The molecule has 0 unspecified atom stereocenters. The van der Waals surface area contributed by atoms with Crippen LogP contribution in [0.2, 0.25) is 0 Å². The molecule has 2 aromatic carbocycles. The topological polar surface area (TPSA) is 68.3 Å². The minimum Gasteiger partial charge on any atom is -0.486 e. The van der Waals surface area contributed by atoms with Crippen LogP contribution >= 0.6 is 0 Å². The van der Waals surface area contributed by atoms with Crippen LogP contribution in [-0.2, 0) is 0 Å². The molecule has 2 heterocycles. The van der Waals surface area contributed by atoms with Crippen molar-refractivity contribution in [1.82, 2.24) is 9.97 Å².